The first-order valence-corrected chi connectivity index (χ1v) is 7.75. The molecule has 0 aliphatic carbocycles. The molecule has 0 atom stereocenters. The predicted molar refractivity (Wildman–Crippen MR) is 91.1 cm³/mol. The number of rotatable bonds is 3. The molecule has 4 rings (SSSR count). The summed E-state index contributed by atoms with van der Waals surface area (Å²) in [5.74, 6) is 0.564. The number of anilines is 3. The quantitative estimate of drug-likeness (QED) is 0.769. The summed E-state index contributed by atoms with van der Waals surface area (Å²) in [5.41, 5.74) is 2.96. The highest BCUT2D eigenvalue weighted by Gasteiger charge is 2.14. The molecule has 1 saturated heterocycles. The summed E-state index contributed by atoms with van der Waals surface area (Å²) in [6.07, 6.45) is 3.47. The third kappa shape index (κ3) is 2.95. The molecule has 0 saturated carbocycles. The normalized spacial score (nSPS) is 16.0. The highest BCUT2D eigenvalue weighted by atomic mass is 15.2. The fourth-order valence-corrected chi connectivity index (χ4v) is 2.75. The number of aromatic amines is 1. The van der Waals surface area contributed by atoms with E-state index >= 15 is 0 Å². The van der Waals surface area contributed by atoms with Crippen molar-refractivity contribution < 1.29 is 0 Å². The molecule has 1 aliphatic heterocycles. The van der Waals surface area contributed by atoms with Crippen molar-refractivity contribution >= 4 is 28.4 Å². The summed E-state index contributed by atoms with van der Waals surface area (Å²) in [5, 5.41) is 10.9. The summed E-state index contributed by atoms with van der Waals surface area (Å²) in [7, 11) is 2.17. The smallest absolute Gasteiger partial charge is 0.229 e. The minimum absolute atomic E-state index is 0.564. The van der Waals surface area contributed by atoms with Gasteiger partial charge in [-0.2, -0.15) is 10.1 Å². The van der Waals surface area contributed by atoms with Crippen LogP contribution in [0.2, 0.25) is 0 Å². The van der Waals surface area contributed by atoms with E-state index in [0.717, 1.165) is 42.9 Å². The van der Waals surface area contributed by atoms with E-state index in [1.54, 1.807) is 12.4 Å². The third-order valence-electron chi connectivity index (χ3n) is 4.18. The summed E-state index contributed by atoms with van der Waals surface area (Å²) >= 11 is 0. The number of H-pyrrole nitrogens is 1. The third-order valence-corrected chi connectivity index (χ3v) is 4.18. The number of aromatic nitrogens is 4. The lowest BCUT2D eigenvalue weighted by molar-refractivity contribution is 0.313. The average molecular weight is 309 g/mol. The molecule has 0 amide bonds. The van der Waals surface area contributed by atoms with Gasteiger partial charge in [0, 0.05) is 43.8 Å². The maximum Gasteiger partial charge on any atom is 0.229 e. The molecule has 23 heavy (non-hydrogen) atoms. The summed E-state index contributed by atoms with van der Waals surface area (Å²) < 4.78 is 0. The van der Waals surface area contributed by atoms with E-state index < -0.39 is 0 Å². The lowest BCUT2D eigenvalue weighted by Crippen LogP contribution is -2.44. The van der Waals surface area contributed by atoms with Gasteiger partial charge in [-0.15, -0.1) is 0 Å². The Morgan fingerprint density at radius 2 is 1.83 bits per heavy atom. The van der Waals surface area contributed by atoms with Crippen molar-refractivity contribution in [2.24, 2.45) is 0 Å². The maximum atomic E-state index is 4.39. The molecular weight excluding hydrogens is 290 g/mol. The molecule has 0 unspecified atom stereocenters. The molecule has 3 heterocycles. The maximum absolute atomic E-state index is 4.39. The van der Waals surface area contributed by atoms with E-state index in [9.17, 15) is 0 Å². The summed E-state index contributed by atoms with van der Waals surface area (Å²) in [6, 6.07) is 8.41. The van der Waals surface area contributed by atoms with Crippen LogP contribution in [0.4, 0.5) is 17.3 Å². The van der Waals surface area contributed by atoms with Gasteiger partial charge in [-0.05, 0) is 31.3 Å². The standard InChI is InChI=1S/C16H19N7/c1-22-6-8-23(9-7-22)14-4-2-13(3-5-14)19-16-17-10-12-11-18-21-15(12)20-16/h2-5,10-11H,6-9H2,1H3,(H2,17,18,19,20,21). The van der Waals surface area contributed by atoms with E-state index in [-0.39, 0.29) is 0 Å². The Bertz CT molecular complexity index is 788. The van der Waals surface area contributed by atoms with E-state index in [1.165, 1.54) is 5.69 Å². The van der Waals surface area contributed by atoms with Gasteiger partial charge in [0.2, 0.25) is 5.95 Å². The number of likely N-dealkylation sites (N-methyl/N-ethyl adjacent to an activating group) is 1. The van der Waals surface area contributed by atoms with Crippen molar-refractivity contribution in [3.05, 3.63) is 36.7 Å². The van der Waals surface area contributed by atoms with Crippen molar-refractivity contribution in [1.82, 2.24) is 25.1 Å². The molecule has 2 N–H and O–H groups in total. The van der Waals surface area contributed by atoms with Crippen molar-refractivity contribution in [3.8, 4) is 0 Å². The topological polar surface area (TPSA) is 73.0 Å². The summed E-state index contributed by atoms with van der Waals surface area (Å²) in [4.78, 5) is 13.5. The van der Waals surface area contributed by atoms with Gasteiger partial charge in [0.15, 0.2) is 5.65 Å². The van der Waals surface area contributed by atoms with Crippen molar-refractivity contribution in [3.63, 3.8) is 0 Å². The van der Waals surface area contributed by atoms with Crippen LogP contribution >= 0.6 is 0 Å². The minimum Gasteiger partial charge on any atom is -0.369 e. The Morgan fingerprint density at radius 3 is 2.61 bits per heavy atom. The van der Waals surface area contributed by atoms with E-state index in [1.807, 2.05) is 0 Å². The van der Waals surface area contributed by atoms with Crippen molar-refractivity contribution in [2.75, 3.05) is 43.4 Å². The number of benzene rings is 1. The van der Waals surface area contributed by atoms with Gasteiger partial charge in [0.1, 0.15) is 0 Å². The Hall–Kier alpha value is -2.67. The number of hydrogen-bond acceptors (Lipinski definition) is 6. The van der Waals surface area contributed by atoms with Crippen LogP contribution in [0.1, 0.15) is 0 Å². The van der Waals surface area contributed by atoms with Crippen LogP contribution in [0.3, 0.4) is 0 Å². The van der Waals surface area contributed by atoms with Gasteiger partial charge >= 0.3 is 0 Å². The predicted octanol–water partition coefficient (Wildman–Crippen LogP) is 1.85. The Labute approximate surface area is 134 Å². The minimum atomic E-state index is 0.564. The van der Waals surface area contributed by atoms with Crippen molar-refractivity contribution in [2.45, 2.75) is 0 Å². The van der Waals surface area contributed by atoms with Crippen LogP contribution in [0.15, 0.2) is 36.7 Å². The van der Waals surface area contributed by atoms with Gasteiger partial charge in [0.25, 0.3) is 0 Å². The molecule has 1 fully saturated rings. The largest absolute Gasteiger partial charge is 0.369 e. The second kappa shape index (κ2) is 5.85. The number of hydrogen-bond donors (Lipinski definition) is 2. The Morgan fingerprint density at radius 1 is 1.04 bits per heavy atom. The molecule has 0 spiro atoms. The van der Waals surface area contributed by atoms with Gasteiger partial charge in [-0.25, -0.2) is 4.98 Å². The molecule has 1 aliphatic rings. The van der Waals surface area contributed by atoms with E-state index in [2.05, 4.69) is 66.6 Å². The zero-order chi connectivity index (χ0) is 15.6. The number of nitrogens with one attached hydrogen (secondary N) is 2. The Kier molecular flexibility index (Phi) is 3.55. The van der Waals surface area contributed by atoms with Crippen LogP contribution in [0.5, 0.6) is 0 Å². The molecule has 7 nitrogen and oxygen atoms in total. The average Bonchev–Trinajstić information content (AvgIpc) is 3.04. The van der Waals surface area contributed by atoms with E-state index in [4.69, 9.17) is 0 Å². The molecule has 0 bridgehead atoms. The second-order valence-electron chi connectivity index (χ2n) is 5.83. The SMILES string of the molecule is CN1CCN(c2ccc(Nc3ncc4cn[nH]c4n3)cc2)CC1. The molecule has 3 aromatic rings. The highest BCUT2D eigenvalue weighted by molar-refractivity contribution is 5.74. The zero-order valence-corrected chi connectivity index (χ0v) is 13.0. The van der Waals surface area contributed by atoms with Crippen LogP contribution in [-0.2, 0) is 0 Å². The summed E-state index contributed by atoms with van der Waals surface area (Å²) in [6.45, 7) is 4.36. The fraction of sp³-hybridized carbons (Fsp3) is 0.312. The van der Waals surface area contributed by atoms with Crippen LogP contribution < -0.4 is 10.2 Å². The monoisotopic (exact) mass is 309 g/mol. The first-order chi connectivity index (χ1) is 11.3. The second-order valence-corrected chi connectivity index (χ2v) is 5.83. The van der Waals surface area contributed by atoms with Crippen LogP contribution in [-0.4, -0.2) is 58.3 Å². The van der Waals surface area contributed by atoms with Crippen molar-refractivity contribution in [1.29, 1.82) is 0 Å². The first kappa shape index (κ1) is 14.0. The Balaban J connectivity index is 1.47. The van der Waals surface area contributed by atoms with Gasteiger partial charge in [-0.3, -0.25) is 5.10 Å². The lowest BCUT2D eigenvalue weighted by atomic mass is 10.2. The molecule has 7 heteroatoms. The lowest BCUT2D eigenvalue weighted by Gasteiger charge is -2.34. The molecule has 1 aromatic carbocycles. The van der Waals surface area contributed by atoms with E-state index in [0.29, 0.717) is 5.95 Å². The first-order valence-electron chi connectivity index (χ1n) is 7.75. The molecular formula is C16H19N7. The highest BCUT2D eigenvalue weighted by Crippen LogP contribution is 2.21. The number of nitrogens with zero attached hydrogens (tertiary/aromatic N) is 5. The van der Waals surface area contributed by atoms with Gasteiger partial charge < -0.3 is 15.1 Å². The molecule has 0 radical (unpaired) electrons. The number of fused-ring (bicyclic) bond motifs is 1. The van der Waals surface area contributed by atoms with Gasteiger partial charge in [0.05, 0.1) is 11.6 Å². The fourth-order valence-electron chi connectivity index (χ4n) is 2.75. The molecule has 118 valence electrons. The molecule has 2 aromatic heterocycles. The van der Waals surface area contributed by atoms with Gasteiger partial charge in [-0.1, -0.05) is 0 Å². The zero-order valence-electron chi connectivity index (χ0n) is 13.0. The van der Waals surface area contributed by atoms with Crippen LogP contribution in [0, 0.1) is 0 Å². The number of piperazine rings is 1. The van der Waals surface area contributed by atoms with Crippen LogP contribution in [0.25, 0.3) is 11.0 Å².